The molecular formula is C10H14BrNO2S. The van der Waals surface area contributed by atoms with Crippen molar-refractivity contribution in [3.63, 3.8) is 0 Å². The average Bonchev–Trinajstić information content (AvgIpc) is 2.64. The lowest BCUT2D eigenvalue weighted by atomic mass is 10.2. The van der Waals surface area contributed by atoms with E-state index in [1.807, 2.05) is 11.4 Å². The van der Waals surface area contributed by atoms with Gasteiger partial charge in [-0.2, -0.15) is 0 Å². The zero-order valence-electron chi connectivity index (χ0n) is 8.33. The Hall–Kier alpha value is -0.390. The zero-order chi connectivity index (χ0) is 11.1. The second-order valence-corrected chi connectivity index (χ2v) is 4.91. The van der Waals surface area contributed by atoms with Gasteiger partial charge in [-0.15, -0.1) is 11.3 Å². The summed E-state index contributed by atoms with van der Waals surface area (Å²) >= 11 is 4.74. The van der Waals surface area contributed by atoms with Crippen LogP contribution in [0.25, 0.3) is 0 Å². The fourth-order valence-corrected chi connectivity index (χ4v) is 2.62. The minimum atomic E-state index is -0.0270. The number of hydrogen-bond donors (Lipinski definition) is 2. The molecule has 0 spiro atoms. The molecule has 0 fully saturated rings. The van der Waals surface area contributed by atoms with Crippen LogP contribution in [0.4, 0.5) is 0 Å². The third-order valence-corrected chi connectivity index (χ3v) is 3.78. The number of aliphatic hydroxyl groups excluding tert-OH is 1. The highest BCUT2D eigenvalue weighted by Gasteiger charge is 2.09. The molecule has 1 amide bonds. The van der Waals surface area contributed by atoms with Gasteiger partial charge in [-0.05, 0) is 46.6 Å². The highest BCUT2D eigenvalue weighted by molar-refractivity contribution is 9.10. The summed E-state index contributed by atoms with van der Waals surface area (Å²) in [5.74, 6) is -0.0270. The van der Waals surface area contributed by atoms with E-state index in [0.717, 1.165) is 28.6 Å². The van der Waals surface area contributed by atoms with Crippen LogP contribution in [0.15, 0.2) is 15.9 Å². The topological polar surface area (TPSA) is 49.3 Å². The Morgan fingerprint density at radius 2 is 2.27 bits per heavy atom. The number of carbonyl (C=O) groups excluding carboxylic acids is 1. The van der Waals surface area contributed by atoms with Gasteiger partial charge in [-0.3, -0.25) is 4.79 Å². The molecule has 1 heterocycles. The highest BCUT2D eigenvalue weighted by atomic mass is 79.9. The molecule has 1 aromatic heterocycles. The first-order valence-electron chi connectivity index (χ1n) is 4.87. The van der Waals surface area contributed by atoms with Crippen molar-refractivity contribution in [2.75, 3.05) is 13.2 Å². The van der Waals surface area contributed by atoms with Gasteiger partial charge in [0.05, 0.1) is 0 Å². The van der Waals surface area contributed by atoms with E-state index in [1.54, 1.807) is 0 Å². The van der Waals surface area contributed by atoms with E-state index in [1.165, 1.54) is 11.3 Å². The monoisotopic (exact) mass is 291 g/mol. The first-order valence-corrected chi connectivity index (χ1v) is 6.55. The third-order valence-electron chi connectivity index (χ3n) is 1.94. The van der Waals surface area contributed by atoms with Gasteiger partial charge in [0, 0.05) is 17.6 Å². The van der Waals surface area contributed by atoms with Crippen LogP contribution in [0, 0.1) is 0 Å². The highest BCUT2D eigenvalue weighted by Crippen LogP contribution is 2.22. The fraction of sp³-hybridized carbons (Fsp3) is 0.500. The van der Waals surface area contributed by atoms with Gasteiger partial charge in [0.25, 0.3) is 5.91 Å². The van der Waals surface area contributed by atoms with Gasteiger partial charge in [-0.1, -0.05) is 0 Å². The molecule has 0 aliphatic carbocycles. The molecular weight excluding hydrogens is 278 g/mol. The summed E-state index contributed by atoms with van der Waals surface area (Å²) in [6, 6.07) is 1.87. The van der Waals surface area contributed by atoms with Gasteiger partial charge < -0.3 is 10.4 Å². The van der Waals surface area contributed by atoms with Crippen LogP contribution in [0.2, 0.25) is 0 Å². The zero-order valence-corrected chi connectivity index (χ0v) is 10.7. The number of amides is 1. The predicted octanol–water partition coefficient (Wildman–Crippen LogP) is 2.40. The summed E-state index contributed by atoms with van der Waals surface area (Å²) in [6.45, 7) is 0.896. The molecule has 0 aliphatic rings. The molecule has 5 heteroatoms. The van der Waals surface area contributed by atoms with E-state index in [9.17, 15) is 4.79 Å². The van der Waals surface area contributed by atoms with E-state index in [4.69, 9.17) is 5.11 Å². The van der Waals surface area contributed by atoms with Crippen LogP contribution < -0.4 is 5.32 Å². The standard InChI is InChI=1S/C10H14BrNO2S/c11-8-4-7-15-9(8)10(14)12-5-2-1-3-6-13/h4,7,13H,1-3,5-6H2,(H,12,14). The lowest BCUT2D eigenvalue weighted by Gasteiger charge is -2.03. The summed E-state index contributed by atoms with van der Waals surface area (Å²) in [4.78, 5) is 12.3. The van der Waals surface area contributed by atoms with Crippen molar-refractivity contribution in [1.82, 2.24) is 5.32 Å². The molecule has 0 saturated heterocycles. The van der Waals surface area contributed by atoms with Crippen molar-refractivity contribution in [1.29, 1.82) is 0 Å². The van der Waals surface area contributed by atoms with Crippen molar-refractivity contribution in [3.05, 3.63) is 20.8 Å². The van der Waals surface area contributed by atoms with Crippen molar-refractivity contribution >= 4 is 33.2 Å². The normalized spacial score (nSPS) is 10.3. The molecule has 1 aromatic rings. The maximum atomic E-state index is 11.6. The number of hydrogen-bond acceptors (Lipinski definition) is 3. The lowest BCUT2D eigenvalue weighted by molar-refractivity contribution is 0.0956. The van der Waals surface area contributed by atoms with Crippen molar-refractivity contribution in [2.45, 2.75) is 19.3 Å². The van der Waals surface area contributed by atoms with Crippen molar-refractivity contribution < 1.29 is 9.90 Å². The van der Waals surface area contributed by atoms with Crippen LogP contribution in [0.5, 0.6) is 0 Å². The maximum absolute atomic E-state index is 11.6. The van der Waals surface area contributed by atoms with Gasteiger partial charge in [-0.25, -0.2) is 0 Å². The lowest BCUT2D eigenvalue weighted by Crippen LogP contribution is -2.23. The smallest absolute Gasteiger partial charge is 0.262 e. The molecule has 0 radical (unpaired) electrons. The van der Waals surface area contributed by atoms with Crippen molar-refractivity contribution in [2.24, 2.45) is 0 Å². The average molecular weight is 292 g/mol. The van der Waals surface area contributed by atoms with Crippen LogP contribution in [0.3, 0.4) is 0 Å². The fourth-order valence-electron chi connectivity index (χ4n) is 1.15. The summed E-state index contributed by atoms with van der Waals surface area (Å²) in [5.41, 5.74) is 0. The minimum absolute atomic E-state index is 0.0270. The first kappa shape index (κ1) is 12.7. The van der Waals surface area contributed by atoms with Crippen LogP contribution in [0.1, 0.15) is 28.9 Å². The number of halogens is 1. The van der Waals surface area contributed by atoms with E-state index in [2.05, 4.69) is 21.2 Å². The first-order chi connectivity index (χ1) is 7.25. The number of aliphatic hydroxyl groups is 1. The number of thiophene rings is 1. The Balaban J connectivity index is 2.22. The second-order valence-electron chi connectivity index (χ2n) is 3.14. The largest absolute Gasteiger partial charge is 0.396 e. The van der Waals surface area contributed by atoms with E-state index in [0.29, 0.717) is 6.54 Å². The molecule has 3 nitrogen and oxygen atoms in total. The Kier molecular flexibility index (Phi) is 5.90. The van der Waals surface area contributed by atoms with E-state index >= 15 is 0 Å². The third kappa shape index (κ3) is 4.32. The number of nitrogens with one attached hydrogen (secondary N) is 1. The van der Waals surface area contributed by atoms with E-state index < -0.39 is 0 Å². The van der Waals surface area contributed by atoms with Gasteiger partial charge >= 0.3 is 0 Å². The van der Waals surface area contributed by atoms with Crippen LogP contribution in [-0.2, 0) is 0 Å². The SMILES string of the molecule is O=C(NCCCCCO)c1sccc1Br. The summed E-state index contributed by atoms with van der Waals surface area (Å²) in [6.07, 6.45) is 2.66. The molecule has 0 saturated carbocycles. The summed E-state index contributed by atoms with van der Waals surface area (Å²) < 4.78 is 0.848. The molecule has 0 atom stereocenters. The molecule has 2 N–H and O–H groups in total. The van der Waals surface area contributed by atoms with Crippen LogP contribution >= 0.6 is 27.3 Å². The van der Waals surface area contributed by atoms with Gasteiger partial charge in [0.2, 0.25) is 0 Å². The molecule has 0 bridgehead atoms. The quantitative estimate of drug-likeness (QED) is 0.791. The maximum Gasteiger partial charge on any atom is 0.262 e. The Labute approximate surface area is 102 Å². The van der Waals surface area contributed by atoms with Crippen molar-refractivity contribution in [3.8, 4) is 0 Å². The Morgan fingerprint density at radius 1 is 1.47 bits per heavy atom. The van der Waals surface area contributed by atoms with Crippen LogP contribution in [-0.4, -0.2) is 24.2 Å². The predicted molar refractivity (Wildman–Crippen MR) is 65.3 cm³/mol. The minimum Gasteiger partial charge on any atom is -0.396 e. The molecule has 0 unspecified atom stereocenters. The molecule has 0 aromatic carbocycles. The van der Waals surface area contributed by atoms with Gasteiger partial charge in [0.1, 0.15) is 4.88 Å². The molecule has 0 aliphatic heterocycles. The molecule has 84 valence electrons. The Morgan fingerprint density at radius 3 is 2.87 bits per heavy atom. The molecule has 15 heavy (non-hydrogen) atoms. The number of rotatable bonds is 6. The summed E-state index contributed by atoms with van der Waals surface area (Å²) in [5, 5.41) is 13.3. The Bertz CT molecular complexity index is 314. The molecule has 1 rings (SSSR count). The summed E-state index contributed by atoms with van der Waals surface area (Å²) in [7, 11) is 0. The number of unbranched alkanes of at least 4 members (excludes halogenated alkanes) is 2. The van der Waals surface area contributed by atoms with E-state index in [-0.39, 0.29) is 12.5 Å². The number of carbonyl (C=O) groups is 1. The van der Waals surface area contributed by atoms with Gasteiger partial charge in [0.15, 0.2) is 0 Å². The second kappa shape index (κ2) is 6.98.